The van der Waals surface area contributed by atoms with Crippen molar-refractivity contribution in [2.75, 3.05) is 18.1 Å². The summed E-state index contributed by atoms with van der Waals surface area (Å²) >= 11 is 0. The third-order valence-electron chi connectivity index (χ3n) is 3.09. The van der Waals surface area contributed by atoms with Crippen molar-refractivity contribution in [3.8, 4) is 5.75 Å². The molecule has 1 aromatic carbocycles. The molecule has 3 heteroatoms. The Labute approximate surface area is 104 Å². The summed E-state index contributed by atoms with van der Waals surface area (Å²) in [5, 5.41) is 0. The van der Waals surface area contributed by atoms with Crippen LogP contribution < -0.4 is 16.2 Å². The second-order valence-electron chi connectivity index (χ2n) is 4.52. The lowest BCUT2D eigenvalue weighted by Crippen LogP contribution is -2.11. The Hall–Kier alpha value is -1.38. The molecule has 1 atom stereocenters. The fourth-order valence-electron chi connectivity index (χ4n) is 1.75. The molecule has 0 heterocycles. The van der Waals surface area contributed by atoms with Crippen LogP contribution in [0.4, 0.5) is 11.4 Å². The maximum absolute atomic E-state index is 5.76. The van der Waals surface area contributed by atoms with Gasteiger partial charge in [0.1, 0.15) is 5.75 Å². The summed E-state index contributed by atoms with van der Waals surface area (Å²) < 4.78 is 5.76. The van der Waals surface area contributed by atoms with E-state index in [0.717, 1.165) is 18.8 Å². The van der Waals surface area contributed by atoms with Crippen LogP contribution in [0.5, 0.6) is 5.75 Å². The fraction of sp³-hybridized carbons (Fsp3) is 0.571. The standard InChI is InChI=1S/C14H24N2O/c1-3-5-6-11(4-2)10-17-12-7-8-13(15)14(16)9-12/h7-9,11H,3-6,10,15-16H2,1-2H3. The second kappa shape index (κ2) is 7.05. The van der Waals surface area contributed by atoms with Crippen molar-refractivity contribution >= 4 is 11.4 Å². The Morgan fingerprint density at radius 2 is 1.94 bits per heavy atom. The van der Waals surface area contributed by atoms with E-state index in [-0.39, 0.29) is 0 Å². The summed E-state index contributed by atoms with van der Waals surface area (Å²) in [5.41, 5.74) is 12.6. The van der Waals surface area contributed by atoms with Crippen LogP contribution in [0.25, 0.3) is 0 Å². The average molecular weight is 236 g/mol. The van der Waals surface area contributed by atoms with Crippen molar-refractivity contribution in [3.05, 3.63) is 18.2 Å². The highest BCUT2D eigenvalue weighted by Gasteiger charge is 2.07. The molecule has 96 valence electrons. The van der Waals surface area contributed by atoms with E-state index in [4.69, 9.17) is 16.2 Å². The lowest BCUT2D eigenvalue weighted by Gasteiger charge is -2.16. The number of rotatable bonds is 7. The van der Waals surface area contributed by atoms with E-state index in [0.29, 0.717) is 17.3 Å². The van der Waals surface area contributed by atoms with Gasteiger partial charge in [0, 0.05) is 6.07 Å². The lowest BCUT2D eigenvalue weighted by atomic mass is 10.0. The number of hydrogen-bond donors (Lipinski definition) is 2. The summed E-state index contributed by atoms with van der Waals surface area (Å²) in [4.78, 5) is 0. The van der Waals surface area contributed by atoms with Crippen LogP contribution in [0.15, 0.2) is 18.2 Å². The maximum atomic E-state index is 5.76. The second-order valence-corrected chi connectivity index (χ2v) is 4.52. The summed E-state index contributed by atoms with van der Waals surface area (Å²) in [5.74, 6) is 1.44. The molecule has 0 saturated carbocycles. The van der Waals surface area contributed by atoms with E-state index in [1.54, 1.807) is 12.1 Å². The van der Waals surface area contributed by atoms with Crippen LogP contribution in [-0.4, -0.2) is 6.61 Å². The summed E-state index contributed by atoms with van der Waals surface area (Å²) in [6.45, 7) is 5.19. The van der Waals surface area contributed by atoms with Crippen LogP contribution in [0, 0.1) is 5.92 Å². The number of nitrogens with two attached hydrogens (primary N) is 2. The van der Waals surface area contributed by atoms with Crippen molar-refractivity contribution < 1.29 is 4.74 Å². The smallest absolute Gasteiger partial charge is 0.121 e. The van der Waals surface area contributed by atoms with Gasteiger partial charge in [-0.1, -0.05) is 33.1 Å². The maximum Gasteiger partial charge on any atom is 0.121 e. The molecule has 1 unspecified atom stereocenters. The van der Waals surface area contributed by atoms with Crippen LogP contribution in [0.2, 0.25) is 0 Å². The first-order valence-electron chi connectivity index (χ1n) is 6.45. The molecule has 0 saturated heterocycles. The molecule has 4 N–H and O–H groups in total. The molecule has 0 aromatic heterocycles. The number of hydrogen-bond acceptors (Lipinski definition) is 3. The van der Waals surface area contributed by atoms with E-state index in [1.165, 1.54) is 19.3 Å². The molecular formula is C14H24N2O. The van der Waals surface area contributed by atoms with Gasteiger partial charge in [-0.3, -0.25) is 0 Å². The number of unbranched alkanes of at least 4 members (excludes halogenated alkanes) is 1. The van der Waals surface area contributed by atoms with Gasteiger partial charge in [-0.15, -0.1) is 0 Å². The highest BCUT2D eigenvalue weighted by molar-refractivity contribution is 5.65. The zero-order chi connectivity index (χ0) is 12.7. The Bertz CT molecular complexity index is 339. The summed E-state index contributed by atoms with van der Waals surface area (Å²) in [6, 6.07) is 5.46. The molecule has 1 aromatic rings. The van der Waals surface area contributed by atoms with Crippen LogP contribution >= 0.6 is 0 Å². The summed E-state index contributed by atoms with van der Waals surface area (Å²) in [6.07, 6.45) is 4.90. The normalized spacial score (nSPS) is 12.4. The van der Waals surface area contributed by atoms with Gasteiger partial charge in [0.15, 0.2) is 0 Å². The molecule has 0 aliphatic carbocycles. The Kier molecular flexibility index (Phi) is 5.67. The van der Waals surface area contributed by atoms with Crippen LogP contribution in [0.1, 0.15) is 39.5 Å². The van der Waals surface area contributed by atoms with Gasteiger partial charge in [-0.05, 0) is 24.5 Å². The van der Waals surface area contributed by atoms with Gasteiger partial charge >= 0.3 is 0 Å². The molecule has 0 radical (unpaired) electrons. The van der Waals surface area contributed by atoms with E-state index >= 15 is 0 Å². The minimum atomic E-state index is 0.587. The van der Waals surface area contributed by atoms with E-state index in [1.807, 2.05) is 6.07 Å². The predicted octanol–water partition coefficient (Wildman–Crippen LogP) is 3.45. The van der Waals surface area contributed by atoms with Gasteiger partial charge in [0.2, 0.25) is 0 Å². The largest absolute Gasteiger partial charge is 0.493 e. The first-order chi connectivity index (χ1) is 8.17. The van der Waals surface area contributed by atoms with E-state index in [2.05, 4.69) is 13.8 Å². The molecule has 0 aliphatic heterocycles. The van der Waals surface area contributed by atoms with Crippen molar-refractivity contribution in [2.45, 2.75) is 39.5 Å². The molecular weight excluding hydrogens is 212 g/mol. The number of benzene rings is 1. The monoisotopic (exact) mass is 236 g/mol. The first kappa shape index (κ1) is 13.7. The molecule has 0 amide bonds. The third-order valence-corrected chi connectivity index (χ3v) is 3.09. The molecule has 3 nitrogen and oxygen atoms in total. The highest BCUT2D eigenvalue weighted by atomic mass is 16.5. The van der Waals surface area contributed by atoms with Gasteiger partial charge in [-0.25, -0.2) is 0 Å². The number of ether oxygens (including phenoxy) is 1. The molecule has 17 heavy (non-hydrogen) atoms. The average Bonchev–Trinajstić information content (AvgIpc) is 2.34. The molecule has 0 spiro atoms. The van der Waals surface area contributed by atoms with Crippen molar-refractivity contribution in [1.29, 1.82) is 0 Å². The van der Waals surface area contributed by atoms with Crippen molar-refractivity contribution in [1.82, 2.24) is 0 Å². The molecule has 0 bridgehead atoms. The SMILES string of the molecule is CCCCC(CC)COc1ccc(N)c(N)c1. The Morgan fingerprint density at radius 1 is 1.18 bits per heavy atom. The number of nitrogen functional groups attached to an aromatic ring is 2. The summed E-state index contributed by atoms with van der Waals surface area (Å²) in [7, 11) is 0. The molecule has 0 fully saturated rings. The van der Waals surface area contributed by atoms with Crippen molar-refractivity contribution in [3.63, 3.8) is 0 Å². The van der Waals surface area contributed by atoms with E-state index in [9.17, 15) is 0 Å². The van der Waals surface area contributed by atoms with Crippen molar-refractivity contribution in [2.24, 2.45) is 5.92 Å². The van der Waals surface area contributed by atoms with E-state index < -0.39 is 0 Å². The van der Waals surface area contributed by atoms with Crippen LogP contribution in [0.3, 0.4) is 0 Å². The Morgan fingerprint density at radius 3 is 2.53 bits per heavy atom. The third kappa shape index (κ3) is 4.55. The Balaban J connectivity index is 2.45. The molecule has 0 aliphatic rings. The van der Waals surface area contributed by atoms with Crippen LogP contribution in [-0.2, 0) is 0 Å². The minimum Gasteiger partial charge on any atom is -0.493 e. The zero-order valence-electron chi connectivity index (χ0n) is 10.9. The minimum absolute atomic E-state index is 0.587. The first-order valence-corrected chi connectivity index (χ1v) is 6.45. The number of anilines is 2. The topological polar surface area (TPSA) is 61.3 Å². The fourth-order valence-corrected chi connectivity index (χ4v) is 1.75. The van der Waals surface area contributed by atoms with Gasteiger partial charge in [0.05, 0.1) is 18.0 Å². The highest BCUT2D eigenvalue weighted by Crippen LogP contribution is 2.22. The van der Waals surface area contributed by atoms with Gasteiger partial charge in [0.25, 0.3) is 0 Å². The lowest BCUT2D eigenvalue weighted by molar-refractivity contribution is 0.233. The molecule has 1 rings (SSSR count). The predicted molar refractivity (Wildman–Crippen MR) is 74.1 cm³/mol. The zero-order valence-corrected chi connectivity index (χ0v) is 10.9. The van der Waals surface area contributed by atoms with Gasteiger partial charge < -0.3 is 16.2 Å². The quantitative estimate of drug-likeness (QED) is 0.713. The van der Waals surface area contributed by atoms with Gasteiger partial charge in [-0.2, -0.15) is 0 Å².